The van der Waals surface area contributed by atoms with Crippen LogP contribution >= 0.6 is 11.6 Å². The van der Waals surface area contributed by atoms with Gasteiger partial charge in [0.05, 0.1) is 37.1 Å². The summed E-state index contributed by atoms with van der Waals surface area (Å²) in [6.07, 6.45) is 0.504. The second-order valence-corrected chi connectivity index (χ2v) is 9.38. The van der Waals surface area contributed by atoms with E-state index >= 15 is 0 Å². The number of hydrogen-bond donors (Lipinski definition) is 2. The molecule has 4 rings (SSSR count). The van der Waals surface area contributed by atoms with Gasteiger partial charge in [-0.3, -0.25) is 19.9 Å². The standard InChI is InChI=1S/C23H30ClN5O4/c1-14(2)12-17(21(30)26-28-8-10-33-11-9-28)29-13-18-19(22(29)31)20(25-23(32)27(18)3)15-6-4-5-7-16(15)24/h4-7,14,17,20H,8-13H2,1-3H3,(H,25,32)(H,26,30)/t17-,20+/m0/s1. The van der Waals surface area contributed by atoms with Crippen LogP contribution in [-0.4, -0.2) is 78.6 Å². The lowest BCUT2D eigenvalue weighted by molar-refractivity contribution is -0.141. The van der Waals surface area contributed by atoms with Crippen molar-refractivity contribution in [1.82, 2.24) is 25.6 Å². The van der Waals surface area contributed by atoms with Crippen molar-refractivity contribution in [3.63, 3.8) is 0 Å². The van der Waals surface area contributed by atoms with Gasteiger partial charge < -0.3 is 15.0 Å². The van der Waals surface area contributed by atoms with Crippen molar-refractivity contribution >= 4 is 29.4 Å². The van der Waals surface area contributed by atoms with Gasteiger partial charge in [-0.15, -0.1) is 0 Å². The molecule has 1 saturated heterocycles. The summed E-state index contributed by atoms with van der Waals surface area (Å²) in [5.41, 5.74) is 4.67. The molecule has 0 bridgehead atoms. The highest BCUT2D eigenvalue weighted by Gasteiger charge is 2.46. The summed E-state index contributed by atoms with van der Waals surface area (Å²) in [4.78, 5) is 42.8. The van der Waals surface area contributed by atoms with Crippen molar-refractivity contribution in [3.8, 4) is 0 Å². The molecule has 4 amide bonds. The largest absolute Gasteiger partial charge is 0.379 e. The van der Waals surface area contributed by atoms with E-state index in [0.29, 0.717) is 54.6 Å². The van der Waals surface area contributed by atoms with Gasteiger partial charge in [0.2, 0.25) is 0 Å². The molecule has 178 valence electrons. The zero-order chi connectivity index (χ0) is 23.7. The first-order valence-electron chi connectivity index (χ1n) is 11.2. The van der Waals surface area contributed by atoms with Crippen LogP contribution in [0.15, 0.2) is 35.5 Å². The SMILES string of the molecule is CC(C)C[C@@H](C(=O)NN1CCOCC1)N1CC2=C(C1=O)[C@@H](c1ccccc1Cl)NC(=O)N2C. The first kappa shape index (κ1) is 23.5. The molecule has 2 N–H and O–H groups in total. The topological polar surface area (TPSA) is 94.2 Å². The molecule has 3 heterocycles. The number of likely N-dealkylation sites (N-methyl/N-ethyl adjacent to an activating group) is 1. The van der Waals surface area contributed by atoms with E-state index in [1.54, 1.807) is 30.1 Å². The fraction of sp³-hybridized carbons (Fsp3) is 0.522. The minimum atomic E-state index is -0.670. The Labute approximate surface area is 198 Å². The highest BCUT2D eigenvalue weighted by Crippen LogP contribution is 2.39. The Morgan fingerprint density at radius 3 is 2.61 bits per heavy atom. The number of urea groups is 1. The number of carbonyl (C=O) groups is 3. The van der Waals surface area contributed by atoms with Crippen LogP contribution < -0.4 is 10.7 Å². The van der Waals surface area contributed by atoms with Crippen molar-refractivity contribution in [2.75, 3.05) is 39.9 Å². The second kappa shape index (κ2) is 9.70. The maximum Gasteiger partial charge on any atom is 0.322 e. The summed E-state index contributed by atoms with van der Waals surface area (Å²) in [6.45, 7) is 6.51. The number of nitrogens with one attached hydrogen (secondary N) is 2. The number of hydrogen-bond acceptors (Lipinski definition) is 5. The smallest absolute Gasteiger partial charge is 0.322 e. The first-order valence-corrected chi connectivity index (χ1v) is 11.6. The van der Waals surface area contributed by atoms with Crippen molar-refractivity contribution in [3.05, 3.63) is 46.1 Å². The normalized spacial score (nSPS) is 22.5. The van der Waals surface area contributed by atoms with E-state index in [1.165, 1.54) is 4.90 Å². The number of morpholine rings is 1. The molecule has 33 heavy (non-hydrogen) atoms. The van der Waals surface area contributed by atoms with Gasteiger partial charge >= 0.3 is 6.03 Å². The summed E-state index contributed by atoms with van der Waals surface area (Å²) in [6, 6.07) is 5.51. The second-order valence-electron chi connectivity index (χ2n) is 8.98. The molecule has 0 spiro atoms. The molecule has 0 aliphatic carbocycles. The quantitative estimate of drug-likeness (QED) is 0.655. The predicted molar refractivity (Wildman–Crippen MR) is 123 cm³/mol. The molecular weight excluding hydrogens is 446 g/mol. The fourth-order valence-electron chi connectivity index (χ4n) is 4.51. The zero-order valence-corrected chi connectivity index (χ0v) is 19.9. The van der Waals surface area contributed by atoms with Crippen LogP contribution in [-0.2, 0) is 14.3 Å². The van der Waals surface area contributed by atoms with Crippen LogP contribution in [0.25, 0.3) is 0 Å². The van der Waals surface area contributed by atoms with Gasteiger partial charge in [0.15, 0.2) is 0 Å². The zero-order valence-electron chi connectivity index (χ0n) is 19.1. The summed E-state index contributed by atoms with van der Waals surface area (Å²) in [7, 11) is 1.63. The molecule has 2 atom stereocenters. The molecular formula is C23H30ClN5O4. The molecule has 9 nitrogen and oxygen atoms in total. The molecule has 0 saturated carbocycles. The van der Waals surface area contributed by atoms with Gasteiger partial charge in [0, 0.05) is 25.2 Å². The highest BCUT2D eigenvalue weighted by atomic mass is 35.5. The van der Waals surface area contributed by atoms with Gasteiger partial charge in [0.25, 0.3) is 11.8 Å². The summed E-state index contributed by atoms with van der Waals surface area (Å²) >= 11 is 6.41. The van der Waals surface area contributed by atoms with Crippen molar-refractivity contribution < 1.29 is 19.1 Å². The van der Waals surface area contributed by atoms with Crippen LogP contribution in [0.5, 0.6) is 0 Å². The minimum Gasteiger partial charge on any atom is -0.379 e. The van der Waals surface area contributed by atoms with Crippen LogP contribution in [0, 0.1) is 5.92 Å². The van der Waals surface area contributed by atoms with Gasteiger partial charge in [-0.1, -0.05) is 43.6 Å². The Bertz CT molecular complexity index is 975. The van der Waals surface area contributed by atoms with Crippen molar-refractivity contribution in [1.29, 1.82) is 0 Å². The molecule has 0 aromatic heterocycles. The monoisotopic (exact) mass is 475 g/mol. The number of hydrazine groups is 1. The van der Waals surface area contributed by atoms with Gasteiger partial charge in [-0.2, -0.15) is 0 Å². The molecule has 10 heteroatoms. The van der Waals surface area contributed by atoms with Crippen LogP contribution in [0.3, 0.4) is 0 Å². The predicted octanol–water partition coefficient (Wildman–Crippen LogP) is 1.91. The van der Waals surface area contributed by atoms with Crippen LogP contribution in [0.1, 0.15) is 31.9 Å². The van der Waals surface area contributed by atoms with Gasteiger partial charge in [0.1, 0.15) is 6.04 Å². The summed E-state index contributed by atoms with van der Waals surface area (Å²) in [5, 5.41) is 5.19. The molecule has 0 unspecified atom stereocenters. The molecule has 1 fully saturated rings. The van der Waals surface area contributed by atoms with E-state index in [0.717, 1.165) is 0 Å². The summed E-state index contributed by atoms with van der Waals surface area (Å²) < 4.78 is 5.35. The number of rotatable bonds is 6. The van der Waals surface area contributed by atoms with Crippen molar-refractivity contribution in [2.24, 2.45) is 5.92 Å². The Balaban J connectivity index is 1.63. The number of ether oxygens (including phenoxy) is 1. The number of benzene rings is 1. The first-order chi connectivity index (χ1) is 15.8. The van der Waals surface area contributed by atoms with Crippen LogP contribution in [0.4, 0.5) is 4.79 Å². The summed E-state index contributed by atoms with van der Waals surface area (Å²) in [5.74, 6) is -0.299. The van der Waals surface area contributed by atoms with E-state index in [4.69, 9.17) is 16.3 Å². The van der Waals surface area contributed by atoms with E-state index in [2.05, 4.69) is 10.7 Å². The third-order valence-corrected chi connectivity index (χ3v) is 6.60. The van der Waals surface area contributed by atoms with Crippen molar-refractivity contribution in [2.45, 2.75) is 32.4 Å². The lowest BCUT2D eigenvalue weighted by atomic mass is 9.95. The number of halogens is 1. The highest BCUT2D eigenvalue weighted by molar-refractivity contribution is 6.31. The molecule has 0 radical (unpaired) electrons. The number of nitrogens with zero attached hydrogens (tertiary/aromatic N) is 3. The van der Waals surface area contributed by atoms with Gasteiger partial charge in [-0.05, 0) is 24.0 Å². The molecule has 1 aromatic carbocycles. The maximum atomic E-state index is 13.7. The molecule has 3 aliphatic heterocycles. The lowest BCUT2D eigenvalue weighted by Gasteiger charge is -2.33. The fourth-order valence-corrected chi connectivity index (χ4v) is 4.76. The van der Waals surface area contributed by atoms with E-state index < -0.39 is 12.1 Å². The Morgan fingerprint density at radius 2 is 1.94 bits per heavy atom. The average Bonchev–Trinajstić information content (AvgIpc) is 3.13. The van der Waals surface area contributed by atoms with E-state index in [1.807, 2.05) is 24.9 Å². The number of amides is 4. The third kappa shape index (κ3) is 4.71. The molecule has 1 aromatic rings. The van der Waals surface area contributed by atoms with Gasteiger partial charge in [-0.25, -0.2) is 9.80 Å². The van der Waals surface area contributed by atoms with E-state index in [9.17, 15) is 14.4 Å². The molecule has 3 aliphatic rings. The average molecular weight is 476 g/mol. The Hall–Kier alpha value is -2.62. The minimum absolute atomic E-state index is 0.187. The van der Waals surface area contributed by atoms with E-state index in [-0.39, 0.29) is 30.3 Å². The Morgan fingerprint density at radius 1 is 1.24 bits per heavy atom. The lowest BCUT2D eigenvalue weighted by Crippen LogP contribution is -2.56. The number of carbonyl (C=O) groups excluding carboxylic acids is 3. The van der Waals surface area contributed by atoms with Crippen LogP contribution in [0.2, 0.25) is 5.02 Å². The maximum absolute atomic E-state index is 13.7. The third-order valence-electron chi connectivity index (χ3n) is 6.26. The Kier molecular flexibility index (Phi) is 6.92.